The molecular formula is C23H30N4O2. The molecule has 1 aromatic carbocycles. The Balaban J connectivity index is 1.90. The van der Waals surface area contributed by atoms with Gasteiger partial charge in [0.05, 0.1) is 11.6 Å². The summed E-state index contributed by atoms with van der Waals surface area (Å²) in [6, 6.07) is 10.2. The van der Waals surface area contributed by atoms with Gasteiger partial charge in [-0.05, 0) is 44.7 Å². The van der Waals surface area contributed by atoms with E-state index in [0.29, 0.717) is 11.3 Å². The second-order valence-corrected chi connectivity index (χ2v) is 7.59. The number of hydrogen-bond donors (Lipinski definition) is 2. The maximum absolute atomic E-state index is 13.5. The molecule has 29 heavy (non-hydrogen) atoms. The van der Waals surface area contributed by atoms with Crippen LogP contribution in [0.5, 0.6) is 0 Å². The molecule has 2 heterocycles. The highest BCUT2D eigenvalue weighted by Crippen LogP contribution is 2.35. The van der Waals surface area contributed by atoms with Gasteiger partial charge in [0.1, 0.15) is 17.8 Å². The molecular weight excluding hydrogens is 364 g/mol. The minimum absolute atomic E-state index is 0.0581. The number of carbonyl (C=O) groups is 1. The molecule has 2 unspecified atom stereocenters. The van der Waals surface area contributed by atoms with Crippen molar-refractivity contribution in [3.63, 3.8) is 0 Å². The molecule has 1 saturated heterocycles. The van der Waals surface area contributed by atoms with Crippen LogP contribution < -0.4 is 11.1 Å². The Labute approximate surface area is 172 Å². The van der Waals surface area contributed by atoms with Crippen LogP contribution in [0.15, 0.2) is 70.2 Å². The van der Waals surface area contributed by atoms with Crippen LogP contribution in [-0.2, 0) is 9.53 Å². The number of ether oxygens (including phenoxy) is 1. The zero-order valence-electron chi connectivity index (χ0n) is 17.6. The first-order chi connectivity index (χ1) is 13.9. The van der Waals surface area contributed by atoms with Crippen molar-refractivity contribution in [3.8, 4) is 0 Å². The van der Waals surface area contributed by atoms with Crippen LogP contribution in [0.2, 0.25) is 0 Å². The lowest BCUT2D eigenvalue weighted by Crippen LogP contribution is -2.47. The minimum atomic E-state index is -0.391. The van der Waals surface area contributed by atoms with Gasteiger partial charge >= 0.3 is 0 Å². The number of nitrogens with zero attached hydrogens (tertiary/aromatic N) is 2. The summed E-state index contributed by atoms with van der Waals surface area (Å²) in [5.41, 5.74) is 10.6. The number of amides is 1. The van der Waals surface area contributed by atoms with E-state index in [-0.39, 0.29) is 17.8 Å². The molecule has 154 valence electrons. The smallest absolute Gasteiger partial charge is 0.258 e. The molecule has 0 saturated carbocycles. The molecule has 1 fully saturated rings. The summed E-state index contributed by atoms with van der Waals surface area (Å²) in [5, 5.41) is 3.09. The third-order valence-electron chi connectivity index (χ3n) is 5.42. The number of benzene rings is 1. The Bertz CT molecular complexity index is 871. The van der Waals surface area contributed by atoms with Crippen molar-refractivity contribution in [3.05, 3.63) is 70.8 Å². The van der Waals surface area contributed by atoms with Crippen LogP contribution in [0.4, 0.5) is 0 Å². The van der Waals surface area contributed by atoms with Gasteiger partial charge in [-0.15, -0.1) is 0 Å². The molecule has 3 N–H and O–H groups in total. The van der Waals surface area contributed by atoms with Crippen molar-refractivity contribution in [2.24, 2.45) is 10.7 Å². The predicted molar refractivity (Wildman–Crippen MR) is 116 cm³/mol. The van der Waals surface area contributed by atoms with Gasteiger partial charge in [0.2, 0.25) is 6.23 Å². The van der Waals surface area contributed by atoms with Crippen molar-refractivity contribution >= 4 is 11.7 Å². The third kappa shape index (κ3) is 4.36. The zero-order chi connectivity index (χ0) is 21.0. The molecule has 0 aliphatic carbocycles. The highest BCUT2D eigenvalue weighted by molar-refractivity contribution is 6.21. The summed E-state index contributed by atoms with van der Waals surface area (Å²) in [5.74, 6) is 0.179. The molecule has 3 rings (SSSR count). The fraction of sp³-hybridized carbons (Fsp3) is 0.391. The van der Waals surface area contributed by atoms with E-state index >= 15 is 0 Å². The van der Waals surface area contributed by atoms with Gasteiger partial charge in [0.15, 0.2) is 0 Å². The molecule has 2 aliphatic heterocycles. The lowest BCUT2D eigenvalue weighted by atomic mass is 9.92. The first kappa shape index (κ1) is 20.7. The number of nitrogens with one attached hydrogen (secondary N) is 1. The normalized spacial score (nSPS) is 21.7. The molecule has 0 spiro atoms. The second-order valence-electron chi connectivity index (χ2n) is 7.59. The monoisotopic (exact) mass is 394 g/mol. The standard InChI is InChI=1S/C23H30N4O2/c1-5-16(4)19(21(24)26-20(15(2)3)22-25-12-14-29-22)23(28)27-13-11-18(27)17-9-7-6-8-10-17/h6-10,12,14,18,22,25H,5,11,13H2,1-4H3,(H2,24,26)/b19-16+. The number of aliphatic imine (C=N–C) groups is 1. The number of carbonyl (C=O) groups excluding carboxylic acids is 1. The third-order valence-corrected chi connectivity index (χ3v) is 5.42. The average Bonchev–Trinajstić information content (AvgIpc) is 3.20. The van der Waals surface area contributed by atoms with Crippen LogP contribution in [0.3, 0.4) is 0 Å². The molecule has 1 amide bonds. The van der Waals surface area contributed by atoms with Crippen molar-refractivity contribution in [2.45, 2.75) is 52.8 Å². The number of nitrogens with two attached hydrogens (primary N) is 1. The molecule has 6 heteroatoms. The van der Waals surface area contributed by atoms with Gasteiger partial charge in [0.25, 0.3) is 5.91 Å². The highest BCUT2D eigenvalue weighted by atomic mass is 16.5. The van der Waals surface area contributed by atoms with E-state index in [4.69, 9.17) is 10.5 Å². The van der Waals surface area contributed by atoms with Gasteiger partial charge in [-0.1, -0.05) is 42.8 Å². The van der Waals surface area contributed by atoms with Crippen molar-refractivity contribution in [2.75, 3.05) is 6.54 Å². The number of rotatable bonds is 6. The van der Waals surface area contributed by atoms with Crippen LogP contribution >= 0.6 is 0 Å². The van der Waals surface area contributed by atoms with E-state index in [2.05, 4.69) is 22.4 Å². The Morgan fingerprint density at radius 1 is 1.28 bits per heavy atom. The van der Waals surface area contributed by atoms with Gasteiger partial charge in [-0.25, -0.2) is 4.99 Å². The first-order valence-corrected chi connectivity index (χ1v) is 10.1. The minimum Gasteiger partial charge on any atom is -0.471 e. The number of allylic oxidation sites excluding steroid dienone is 2. The predicted octanol–water partition coefficient (Wildman–Crippen LogP) is 3.75. The van der Waals surface area contributed by atoms with Crippen LogP contribution in [0.1, 0.15) is 52.1 Å². The van der Waals surface area contributed by atoms with Gasteiger partial charge in [-0.2, -0.15) is 0 Å². The van der Waals surface area contributed by atoms with E-state index in [0.717, 1.165) is 36.1 Å². The fourth-order valence-corrected chi connectivity index (χ4v) is 3.53. The largest absolute Gasteiger partial charge is 0.471 e. The topological polar surface area (TPSA) is 80.0 Å². The van der Waals surface area contributed by atoms with Crippen LogP contribution in [0.25, 0.3) is 0 Å². The van der Waals surface area contributed by atoms with Crippen LogP contribution in [0, 0.1) is 0 Å². The van der Waals surface area contributed by atoms with E-state index in [1.807, 2.05) is 50.8 Å². The lowest BCUT2D eigenvalue weighted by Gasteiger charge is -2.42. The molecule has 1 aromatic rings. The summed E-state index contributed by atoms with van der Waals surface area (Å²) in [4.78, 5) is 20.0. The van der Waals surface area contributed by atoms with Crippen molar-refractivity contribution in [1.82, 2.24) is 10.2 Å². The average molecular weight is 395 g/mol. The lowest BCUT2D eigenvalue weighted by molar-refractivity contribution is -0.134. The second kappa shape index (κ2) is 8.99. The quantitative estimate of drug-likeness (QED) is 0.437. The Morgan fingerprint density at radius 3 is 2.52 bits per heavy atom. The maximum Gasteiger partial charge on any atom is 0.258 e. The highest BCUT2D eigenvalue weighted by Gasteiger charge is 2.36. The summed E-state index contributed by atoms with van der Waals surface area (Å²) in [6.45, 7) is 8.59. The molecule has 2 aliphatic rings. The van der Waals surface area contributed by atoms with Gasteiger partial charge < -0.3 is 20.7 Å². The molecule has 6 nitrogen and oxygen atoms in total. The molecule has 0 radical (unpaired) electrons. The van der Waals surface area contributed by atoms with E-state index in [9.17, 15) is 4.79 Å². The molecule has 2 atom stereocenters. The first-order valence-electron chi connectivity index (χ1n) is 10.1. The van der Waals surface area contributed by atoms with Crippen molar-refractivity contribution in [1.29, 1.82) is 0 Å². The van der Waals surface area contributed by atoms with Gasteiger partial charge in [0, 0.05) is 12.7 Å². The number of amidine groups is 1. The number of hydrogen-bond acceptors (Lipinski definition) is 4. The van der Waals surface area contributed by atoms with Gasteiger partial charge in [-0.3, -0.25) is 4.79 Å². The van der Waals surface area contributed by atoms with E-state index in [1.54, 1.807) is 12.5 Å². The van der Waals surface area contributed by atoms with E-state index in [1.165, 1.54) is 0 Å². The van der Waals surface area contributed by atoms with Crippen LogP contribution in [-0.4, -0.2) is 29.4 Å². The summed E-state index contributed by atoms with van der Waals surface area (Å²) in [7, 11) is 0. The SMILES string of the molecule is CC/C(C)=C(/C(=O)N1CCC1c1ccccc1)C(N)=NC(=C(C)C)C1NC=CO1. The van der Waals surface area contributed by atoms with E-state index < -0.39 is 6.23 Å². The summed E-state index contributed by atoms with van der Waals surface area (Å²) in [6.07, 6.45) is 4.60. The van der Waals surface area contributed by atoms with Crippen molar-refractivity contribution < 1.29 is 9.53 Å². The molecule has 0 aromatic heterocycles. The number of likely N-dealkylation sites (tertiary alicyclic amines) is 1. The maximum atomic E-state index is 13.5. The Hall–Kier alpha value is -3.02. The fourth-order valence-electron chi connectivity index (χ4n) is 3.53. The summed E-state index contributed by atoms with van der Waals surface area (Å²) >= 11 is 0. The Morgan fingerprint density at radius 2 is 2.00 bits per heavy atom. The summed E-state index contributed by atoms with van der Waals surface area (Å²) < 4.78 is 5.54. The Kier molecular flexibility index (Phi) is 6.42. The molecule has 0 bridgehead atoms. The zero-order valence-corrected chi connectivity index (χ0v) is 17.6.